The Kier molecular flexibility index (Phi) is 4.73. The van der Waals surface area contributed by atoms with Gasteiger partial charge in [0.05, 0.1) is 35.6 Å². The smallest absolute Gasteiger partial charge is 0.224 e. The van der Waals surface area contributed by atoms with Gasteiger partial charge in [0.2, 0.25) is 5.91 Å². The predicted molar refractivity (Wildman–Crippen MR) is 133 cm³/mol. The van der Waals surface area contributed by atoms with Gasteiger partial charge in [0.15, 0.2) is 0 Å². The van der Waals surface area contributed by atoms with Crippen LogP contribution in [-0.2, 0) is 4.79 Å². The van der Waals surface area contributed by atoms with E-state index in [-0.39, 0.29) is 5.91 Å². The Morgan fingerprint density at radius 2 is 1.91 bits per heavy atom. The highest BCUT2D eigenvalue weighted by Gasteiger charge is 2.15. The van der Waals surface area contributed by atoms with E-state index < -0.39 is 0 Å². The normalized spacial score (nSPS) is 11.3. The van der Waals surface area contributed by atoms with Crippen LogP contribution in [0, 0.1) is 0 Å². The molecule has 4 aromatic heterocycles. The summed E-state index contributed by atoms with van der Waals surface area (Å²) in [6.45, 7) is 1.82. The van der Waals surface area contributed by atoms with Gasteiger partial charge >= 0.3 is 0 Å². The van der Waals surface area contributed by atoms with Gasteiger partial charge in [-0.1, -0.05) is 25.1 Å². The van der Waals surface area contributed by atoms with Gasteiger partial charge in [-0.15, -0.1) is 0 Å². The van der Waals surface area contributed by atoms with E-state index >= 15 is 0 Å². The molecule has 0 aliphatic carbocycles. The van der Waals surface area contributed by atoms with Crippen molar-refractivity contribution in [2.75, 3.05) is 5.32 Å². The van der Waals surface area contributed by atoms with Gasteiger partial charge in [-0.2, -0.15) is 5.10 Å². The number of H-pyrrole nitrogens is 2. The van der Waals surface area contributed by atoms with Gasteiger partial charge in [0, 0.05) is 40.0 Å². The zero-order valence-electron chi connectivity index (χ0n) is 18.4. The predicted octanol–water partition coefficient (Wildman–Crippen LogP) is 6.38. The highest BCUT2D eigenvalue weighted by molar-refractivity contribution is 6.02. The van der Waals surface area contributed by atoms with Crippen molar-refractivity contribution < 1.29 is 9.21 Å². The van der Waals surface area contributed by atoms with Crippen LogP contribution in [-0.4, -0.2) is 26.1 Å². The number of anilines is 1. The molecule has 166 valence electrons. The number of hydrogen-bond acceptors (Lipinski definition) is 4. The standard InChI is InChI=1S/C27H21N5O2/c1-2-26(33)29-19-10-18(13-28-14-19)16-6-7-24-22(11-16)27(32-31-24)25-12-21-20(17-8-9-34-15-17)4-3-5-23(21)30-25/h3-15,30H,2H2,1H3,(H,29,33)(H,31,32). The molecule has 6 aromatic rings. The Morgan fingerprint density at radius 1 is 0.971 bits per heavy atom. The summed E-state index contributed by atoms with van der Waals surface area (Å²) in [4.78, 5) is 19.6. The van der Waals surface area contributed by atoms with E-state index in [0.717, 1.165) is 55.4 Å². The van der Waals surface area contributed by atoms with E-state index in [1.807, 2.05) is 37.3 Å². The summed E-state index contributed by atoms with van der Waals surface area (Å²) in [7, 11) is 0. The molecular formula is C27H21N5O2. The lowest BCUT2D eigenvalue weighted by Gasteiger charge is -2.06. The fourth-order valence-electron chi connectivity index (χ4n) is 4.27. The molecule has 0 fully saturated rings. The number of pyridine rings is 1. The number of carbonyl (C=O) groups excluding carboxylic acids is 1. The first-order chi connectivity index (χ1) is 16.7. The highest BCUT2D eigenvalue weighted by Crippen LogP contribution is 2.35. The molecule has 1 amide bonds. The van der Waals surface area contributed by atoms with Crippen molar-refractivity contribution in [1.29, 1.82) is 0 Å². The summed E-state index contributed by atoms with van der Waals surface area (Å²) in [5.74, 6) is -0.0416. The van der Waals surface area contributed by atoms with Crippen molar-refractivity contribution in [1.82, 2.24) is 20.2 Å². The van der Waals surface area contributed by atoms with Gasteiger partial charge in [-0.3, -0.25) is 14.9 Å². The van der Waals surface area contributed by atoms with Crippen molar-refractivity contribution >= 4 is 33.4 Å². The molecule has 6 rings (SSSR count). The van der Waals surface area contributed by atoms with Gasteiger partial charge in [-0.25, -0.2) is 0 Å². The number of furan rings is 1. The van der Waals surface area contributed by atoms with Crippen LogP contribution in [0.2, 0.25) is 0 Å². The summed E-state index contributed by atoms with van der Waals surface area (Å²) < 4.78 is 5.29. The third-order valence-electron chi connectivity index (χ3n) is 5.99. The Labute approximate surface area is 194 Å². The van der Waals surface area contributed by atoms with Gasteiger partial charge in [-0.05, 0) is 47.5 Å². The lowest BCUT2D eigenvalue weighted by atomic mass is 10.0. The maximum absolute atomic E-state index is 11.8. The summed E-state index contributed by atoms with van der Waals surface area (Å²) in [6, 6.07) is 18.3. The Bertz CT molecular complexity index is 1640. The van der Waals surface area contributed by atoms with E-state index in [1.54, 1.807) is 24.9 Å². The molecule has 0 aliphatic rings. The number of rotatable bonds is 5. The molecule has 0 bridgehead atoms. The third kappa shape index (κ3) is 3.44. The number of nitrogens with zero attached hydrogens (tertiary/aromatic N) is 2. The lowest BCUT2D eigenvalue weighted by molar-refractivity contribution is -0.115. The number of carbonyl (C=O) groups is 1. The van der Waals surface area contributed by atoms with Crippen molar-refractivity contribution in [3.05, 3.63) is 79.5 Å². The number of hydrogen-bond donors (Lipinski definition) is 3. The first-order valence-corrected chi connectivity index (χ1v) is 11.1. The molecule has 0 unspecified atom stereocenters. The number of aromatic amines is 2. The van der Waals surface area contributed by atoms with Gasteiger partial charge < -0.3 is 14.7 Å². The van der Waals surface area contributed by atoms with Crippen molar-refractivity contribution in [2.45, 2.75) is 13.3 Å². The Morgan fingerprint density at radius 3 is 2.76 bits per heavy atom. The van der Waals surface area contributed by atoms with Crippen LogP contribution in [0.5, 0.6) is 0 Å². The van der Waals surface area contributed by atoms with E-state index in [0.29, 0.717) is 12.1 Å². The van der Waals surface area contributed by atoms with E-state index in [1.165, 1.54) is 0 Å². The van der Waals surface area contributed by atoms with Gasteiger partial charge in [0.1, 0.15) is 5.69 Å². The van der Waals surface area contributed by atoms with E-state index in [9.17, 15) is 4.79 Å². The maximum Gasteiger partial charge on any atom is 0.224 e. The average Bonchev–Trinajstić information content (AvgIpc) is 3.62. The van der Waals surface area contributed by atoms with Crippen LogP contribution in [0.4, 0.5) is 5.69 Å². The Hall–Kier alpha value is -4.65. The third-order valence-corrected chi connectivity index (χ3v) is 5.99. The molecular weight excluding hydrogens is 426 g/mol. The molecule has 0 spiro atoms. The number of aromatic nitrogens is 4. The van der Waals surface area contributed by atoms with Crippen LogP contribution >= 0.6 is 0 Å². The number of fused-ring (bicyclic) bond motifs is 2. The number of amides is 1. The minimum atomic E-state index is -0.0416. The second kappa shape index (κ2) is 8.04. The molecule has 0 radical (unpaired) electrons. The first kappa shape index (κ1) is 20.0. The van der Waals surface area contributed by atoms with Crippen LogP contribution in [0.3, 0.4) is 0 Å². The van der Waals surface area contributed by atoms with Gasteiger partial charge in [0.25, 0.3) is 0 Å². The minimum Gasteiger partial charge on any atom is -0.472 e. The first-order valence-electron chi connectivity index (χ1n) is 11.1. The molecule has 4 heterocycles. The molecule has 7 heteroatoms. The van der Waals surface area contributed by atoms with E-state index in [4.69, 9.17) is 4.42 Å². The molecule has 0 atom stereocenters. The zero-order chi connectivity index (χ0) is 23.1. The highest BCUT2D eigenvalue weighted by atomic mass is 16.3. The second-order valence-corrected chi connectivity index (χ2v) is 8.16. The SMILES string of the molecule is CCC(=O)Nc1cncc(-c2ccc3[nH]nc(-c4cc5c(-c6ccoc6)cccc5[nH]4)c3c2)c1. The molecule has 0 saturated carbocycles. The maximum atomic E-state index is 11.8. The summed E-state index contributed by atoms with van der Waals surface area (Å²) in [5, 5.41) is 12.7. The second-order valence-electron chi connectivity index (χ2n) is 8.16. The molecule has 0 saturated heterocycles. The minimum absolute atomic E-state index is 0.0416. The summed E-state index contributed by atoms with van der Waals surface area (Å²) in [6.07, 6.45) is 7.30. The topological polar surface area (TPSA) is 99.6 Å². The monoisotopic (exact) mass is 447 g/mol. The molecule has 2 aromatic carbocycles. The van der Waals surface area contributed by atoms with Crippen molar-refractivity contribution in [2.24, 2.45) is 0 Å². The quantitative estimate of drug-likeness (QED) is 0.285. The summed E-state index contributed by atoms with van der Waals surface area (Å²) >= 11 is 0. The molecule has 7 nitrogen and oxygen atoms in total. The molecule has 0 aliphatic heterocycles. The van der Waals surface area contributed by atoms with E-state index in [2.05, 4.69) is 49.7 Å². The fourth-order valence-corrected chi connectivity index (χ4v) is 4.27. The number of nitrogens with one attached hydrogen (secondary N) is 3. The lowest BCUT2D eigenvalue weighted by Crippen LogP contribution is -2.09. The molecule has 34 heavy (non-hydrogen) atoms. The van der Waals surface area contributed by atoms with Crippen molar-refractivity contribution in [3.8, 4) is 33.6 Å². The Balaban J connectivity index is 1.43. The molecule has 3 N–H and O–H groups in total. The van der Waals surface area contributed by atoms with Crippen LogP contribution in [0.1, 0.15) is 13.3 Å². The fraction of sp³-hybridized carbons (Fsp3) is 0.0741. The zero-order valence-corrected chi connectivity index (χ0v) is 18.4. The van der Waals surface area contributed by atoms with Crippen LogP contribution < -0.4 is 5.32 Å². The van der Waals surface area contributed by atoms with Crippen molar-refractivity contribution in [3.63, 3.8) is 0 Å². The summed E-state index contributed by atoms with van der Waals surface area (Å²) in [5.41, 5.74) is 8.47. The average molecular weight is 447 g/mol. The van der Waals surface area contributed by atoms with Crippen LogP contribution in [0.15, 0.2) is 83.9 Å². The largest absolute Gasteiger partial charge is 0.472 e. The van der Waals surface area contributed by atoms with Crippen LogP contribution in [0.25, 0.3) is 55.4 Å². The number of benzene rings is 2.